The highest BCUT2D eigenvalue weighted by molar-refractivity contribution is 6.74. The maximum absolute atomic E-state index is 11.6. The van der Waals surface area contributed by atoms with Gasteiger partial charge in [-0.1, -0.05) is 72.6 Å². The zero-order chi connectivity index (χ0) is 25.1. The van der Waals surface area contributed by atoms with E-state index in [9.17, 15) is 9.90 Å². The SMILES string of the molecule is CCCCCCCCC[C@H](O)C[C@@H]1CC[C@@H]([C@@H](CO[Si](C)(C)C(C)(C)C)[C@H](C)OC(C)=O)N1. The van der Waals surface area contributed by atoms with E-state index in [-0.39, 0.29) is 35.2 Å². The number of rotatable bonds is 16. The molecular weight excluding hydrogens is 430 g/mol. The van der Waals surface area contributed by atoms with E-state index in [0.717, 1.165) is 32.1 Å². The van der Waals surface area contributed by atoms with Gasteiger partial charge in [0.25, 0.3) is 0 Å². The number of carbonyl (C=O) groups is 1. The number of carbonyl (C=O) groups excluding carboxylic acids is 1. The fourth-order valence-electron chi connectivity index (χ4n) is 4.61. The molecule has 0 aliphatic carbocycles. The van der Waals surface area contributed by atoms with Crippen molar-refractivity contribution >= 4 is 14.3 Å². The minimum Gasteiger partial charge on any atom is -0.462 e. The zero-order valence-corrected chi connectivity index (χ0v) is 24.0. The van der Waals surface area contributed by atoms with E-state index in [0.29, 0.717) is 12.6 Å². The van der Waals surface area contributed by atoms with Gasteiger partial charge in [0.1, 0.15) is 6.10 Å². The minimum atomic E-state index is -1.89. The van der Waals surface area contributed by atoms with Gasteiger partial charge in [-0.3, -0.25) is 4.79 Å². The number of unbranched alkanes of at least 4 members (excludes halogenated alkanes) is 6. The largest absolute Gasteiger partial charge is 0.462 e. The highest BCUT2D eigenvalue weighted by atomic mass is 28.4. The third-order valence-electron chi connectivity index (χ3n) is 7.89. The Kier molecular flexibility index (Phi) is 13.8. The van der Waals surface area contributed by atoms with Crippen molar-refractivity contribution in [1.29, 1.82) is 0 Å². The second kappa shape index (κ2) is 14.8. The summed E-state index contributed by atoms with van der Waals surface area (Å²) < 4.78 is 12.1. The van der Waals surface area contributed by atoms with Crippen molar-refractivity contribution in [1.82, 2.24) is 5.32 Å². The number of hydrogen-bond donors (Lipinski definition) is 2. The van der Waals surface area contributed by atoms with Gasteiger partial charge >= 0.3 is 5.97 Å². The summed E-state index contributed by atoms with van der Waals surface area (Å²) in [5.74, 6) is -0.118. The maximum Gasteiger partial charge on any atom is 0.302 e. The highest BCUT2D eigenvalue weighted by Crippen LogP contribution is 2.37. The van der Waals surface area contributed by atoms with Gasteiger partial charge in [-0.2, -0.15) is 0 Å². The number of hydrogen-bond acceptors (Lipinski definition) is 5. The lowest BCUT2D eigenvalue weighted by Crippen LogP contribution is -2.48. The van der Waals surface area contributed by atoms with Gasteiger partial charge < -0.3 is 19.6 Å². The van der Waals surface area contributed by atoms with Crippen LogP contribution in [0.25, 0.3) is 0 Å². The molecule has 6 heteroatoms. The van der Waals surface area contributed by atoms with Crippen LogP contribution in [0.5, 0.6) is 0 Å². The van der Waals surface area contributed by atoms with Crippen LogP contribution in [-0.4, -0.2) is 50.3 Å². The van der Waals surface area contributed by atoms with E-state index in [1.54, 1.807) is 0 Å². The average Bonchev–Trinajstić information content (AvgIpc) is 3.13. The normalized spacial score (nSPS) is 22.2. The van der Waals surface area contributed by atoms with Gasteiger partial charge in [0, 0.05) is 31.5 Å². The third-order valence-corrected chi connectivity index (χ3v) is 12.4. The first-order chi connectivity index (χ1) is 15.4. The Labute approximate surface area is 205 Å². The zero-order valence-electron chi connectivity index (χ0n) is 23.0. The summed E-state index contributed by atoms with van der Waals surface area (Å²) in [6.45, 7) is 17.6. The van der Waals surface area contributed by atoms with E-state index in [1.165, 1.54) is 45.4 Å². The summed E-state index contributed by atoms with van der Waals surface area (Å²) in [6, 6.07) is 0.578. The van der Waals surface area contributed by atoms with Gasteiger partial charge in [0.05, 0.1) is 6.10 Å². The standard InChI is InChI=1S/C27H55NO4Si/c1-9-10-11-12-13-14-15-16-24(30)19-23-17-18-26(28-23)25(21(2)32-22(3)29)20-31-33(7,8)27(4,5)6/h21,23-26,28,30H,9-20H2,1-8H3/t21-,23-,24-,25-,26-/m0/s1. The third kappa shape index (κ3) is 11.7. The van der Waals surface area contributed by atoms with Gasteiger partial charge in [0.15, 0.2) is 8.32 Å². The lowest BCUT2D eigenvalue weighted by atomic mass is 9.94. The molecule has 1 fully saturated rings. The molecule has 1 rings (SSSR count). The van der Waals surface area contributed by atoms with Crippen LogP contribution in [0.2, 0.25) is 18.1 Å². The number of aliphatic hydroxyl groups is 1. The second-order valence-corrected chi connectivity index (χ2v) is 16.7. The minimum absolute atomic E-state index is 0.119. The molecule has 1 saturated heterocycles. The van der Waals surface area contributed by atoms with Crippen LogP contribution in [0.4, 0.5) is 0 Å². The molecule has 1 aliphatic rings. The molecule has 0 spiro atoms. The molecule has 2 N–H and O–H groups in total. The van der Waals surface area contributed by atoms with Crippen molar-refractivity contribution in [3.63, 3.8) is 0 Å². The van der Waals surface area contributed by atoms with E-state index in [2.05, 4.69) is 46.1 Å². The predicted molar refractivity (Wildman–Crippen MR) is 141 cm³/mol. The van der Waals surface area contributed by atoms with Crippen molar-refractivity contribution in [3.05, 3.63) is 0 Å². The van der Waals surface area contributed by atoms with Crippen LogP contribution in [0.3, 0.4) is 0 Å². The summed E-state index contributed by atoms with van der Waals surface area (Å²) in [5, 5.41) is 14.5. The van der Waals surface area contributed by atoms with Crippen LogP contribution in [0.15, 0.2) is 0 Å². The molecule has 0 bridgehead atoms. The quantitative estimate of drug-likeness (QED) is 0.147. The average molecular weight is 486 g/mol. The van der Waals surface area contributed by atoms with Gasteiger partial charge in [-0.25, -0.2) is 0 Å². The van der Waals surface area contributed by atoms with Crippen molar-refractivity contribution in [2.75, 3.05) is 6.61 Å². The summed E-state index contributed by atoms with van der Waals surface area (Å²) in [5.41, 5.74) is 0. The fourth-order valence-corrected chi connectivity index (χ4v) is 5.65. The molecule has 0 aromatic carbocycles. The van der Waals surface area contributed by atoms with E-state index in [1.807, 2.05) is 6.92 Å². The van der Waals surface area contributed by atoms with Crippen LogP contribution in [0, 0.1) is 5.92 Å². The van der Waals surface area contributed by atoms with Crippen LogP contribution < -0.4 is 5.32 Å². The van der Waals surface area contributed by atoms with E-state index < -0.39 is 8.32 Å². The first-order valence-electron chi connectivity index (χ1n) is 13.6. The number of aliphatic hydroxyl groups excluding tert-OH is 1. The summed E-state index contributed by atoms with van der Waals surface area (Å²) in [6.07, 6.45) is 12.3. The molecule has 0 unspecified atom stereocenters. The lowest BCUT2D eigenvalue weighted by Gasteiger charge is -2.39. The second-order valence-electron chi connectivity index (χ2n) is 11.9. The molecule has 196 valence electrons. The molecular formula is C27H55NO4Si. The van der Waals surface area contributed by atoms with Crippen LogP contribution in [-0.2, 0) is 14.0 Å². The molecule has 1 aliphatic heterocycles. The molecule has 0 radical (unpaired) electrons. The number of esters is 1. The molecule has 33 heavy (non-hydrogen) atoms. The van der Waals surface area contributed by atoms with Crippen molar-refractivity contribution in [3.8, 4) is 0 Å². The first-order valence-corrected chi connectivity index (χ1v) is 16.5. The Morgan fingerprint density at radius 2 is 1.70 bits per heavy atom. The monoisotopic (exact) mass is 485 g/mol. The smallest absolute Gasteiger partial charge is 0.302 e. The maximum atomic E-state index is 11.6. The molecule has 5 nitrogen and oxygen atoms in total. The number of nitrogens with one attached hydrogen (secondary N) is 1. The molecule has 0 aromatic rings. The predicted octanol–water partition coefficient (Wildman–Crippen LogP) is 6.59. The summed E-state index contributed by atoms with van der Waals surface area (Å²) in [4.78, 5) is 11.6. The Morgan fingerprint density at radius 1 is 1.09 bits per heavy atom. The summed E-state index contributed by atoms with van der Waals surface area (Å²) >= 11 is 0. The summed E-state index contributed by atoms with van der Waals surface area (Å²) in [7, 11) is -1.89. The molecule has 5 atom stereocenters. The Bertz CT molecular complexity index is 549. The lowest BCUT2D eigenvalue weighted by molar-refractivity contribution is -0.149. The van der Waals surface area contributed by atoms with E-state index in [4.69, 9.17) is 9.16 Å². The van der Waals surface area contributed by atoms with Crippen molar-refractivity contribution < 1.29 is 19.1 Å². The van der Waals surface area contributed by atoms with Crippen molar-refractivity contribution in [2.24, 2.45) is 5.92 Å². The highest BCUT2D eigenvalue weighted by Gasteiger charge is 2.41. The fraction of sp³-hybridized carbons (Fsp3) is 0.963. The Hall–Kier alpha value is -0.433. The molecule has 0 saturated carbocycles. The number of ether oxygens (including phenoxy) is 1. The Balaban J connectivity index is 2.53. The van der Waals surface area contributed by atoms with Gasteiger partial charge in [-0.05, 0) is 50.7 Å². The van der Waals surface area contributed by atoms with Crippen LogP contribution >= 0.6 is 0 Å². The van der Waals surface area contributed by atoms with Gasteiger partial charge in [-0.15, -0.1) is 0 Å². The van der Waals surface area contributed by atoms with Crippen LogP contribution in [0.1, 0.15) is 112 Å². The molecule has 0 amide bonds. The Morgan fingerprint density at radius 3 is 2.27 bits per heavy atom. The van der Waals surface area contributed by atoms with Gasteiger partial charge in [0.2, 0.25) is 0 Å². The van der Waals surface area contributed by atoms with Crippen molar-refractivity contribution in [2.45, 2.75) is 155 Å². The van der Waals surface area contributed by atoms with E-state index >= 15 is 0 Å². The molecule has 0 aromatic heterocycles. The first kappa shape index (κ1) is 30.6. The molecule has 1 heterocycles. The topological polar surface area (TPSA) is 67.8 Å².